The summed E-state index contributed by atoms with van der Waals surface area (Å²) in [5, 5.41) is 12.1. The summed E-state index contributed by atoms with van der Waals surface area (Å²) in [5.74, 6) is 1.18. The van der Waals surface area contributed by atoms with Crippen molar-refractivity contribution in [1.82, 2.24) is 5.32 Å². The van der Waals surface area contributed by atoms with Crippen molar-refractivity contribution < 1.29 is 24.2 Å². The van der Waals surface area contributed by atoms with Gasteiger partial charge in [-0.1, -0.05) is 12.5 Å². The molecule has 0 radical (unpaired) electrons. The number of carbonyl (C=O) groups is 2. The maximum Gasteiger partial charge on any atom is 0.305 e. The number of carboxylic acids is 1. The number of amides is 1. The lowest BCUT2D eigenvalue weighted by Gasteiger charge is -2.19. The van der Waals surface area contributed by atoms with Crippen LogP contribution in [0.5, 0.6) is 11.5 Å². The Bertz CT molecular complexity index is 634. The molecule has 6 nitrogen and oxygen atoms in total. The third-order valence-electron chi connectivity index (χ3n) is 5.21. The van der Waals surface area contributed by atoms with E-state index in [0.29, 0.717) is 28.9 Å². The molecule has 24 heavy (non-hydrogen) atoms. The lowest BCUT2D eigenvalue weighted by atomic mass is 10.0. The fourth-order valence-electron chi connectivity index (χ4n) is 3.97. The minimum atomic E-state index is -0.953. The smallest absolute Gasteiger partial charge is 0.305 e. The summed E-state index contributed by atoms with van der Waals surface area (Å²) in [6.07, 6.45) is 3.27. The number of carbonyl (C=O) groups excluding carboxylic acids is 1. The van der Waals surface area contributed by atoms with Gasteiger partial charge in [0, 0.05) is 5.92 Å². The molecule has 0 spiro atoms. The molecular formula is C18H23NO5. The van der Waals surface area contributed by atoms with Gasteiger partial charge in [0.15, 0.2) is 11.5 Å². The van der Waals surface area contributed by atoms with Gasteiger partial charge in [-0.05, 0) is 42.4 Å². The van der Waals surface area contributed by atoms with Crippen LogP contribution in [0.1, 0.15) is 37.3 Å². The first-order valence-electron chi connectivity index (χ1n) is 8.29. The number of benzene rings is 1. The number of carboxylic acid groups (broad SMARTS) is 1. The minimum absolute atomic E-state index is 0.0225. The summed E-state index contributed by atoms with van der Waals surface area (Å²) < 4.78 is 10.5. The van der Waals surface area contributed by atoms with Crippen molar-refractivity contribution in [2.24, 2.45) is 17.8 Å². The van der Waals surface area contributed by atoms with Crippen LogP contribution in [0.25, 0.3) is 0 Å². The third-order valence-corrected chi connectivity index (χ3v) is 5.21. The van der Waals surface area contributed by atoms with E-state index in [9.17, 15) is 14.7 Å². The largest absolute Gasteiger partial charge is 0.493 e. The van der Waals surface area contributed by atoms with Crippen LogP contribution < -0.4 is 14.8 Å². The Morgan fingerprint density at radius 2 is 1.88 bits per heavy atom. The van der Waals surface area contributed by atoms with Gasteiger partial charge in [-0.3, -0.25) is 9.59 Å². The van der Waals surface area contributed by atoms with Crippen LogP contribution in [0.4, 0.5) is 0 Å². The second-order valence-electron chi connectivity index (χ2n) is 6.56. The predicted molar refractivity (Wildman–Crippen MR) is 87.0 cm³/mol. The van der Waals surface area contributed by atoms with Gasteiger partial charge in [0.1, 0.15) is 0 Å². The molecule has 0 saturated heterocycles. The van der Waals surface area contributed by atoms with E-state index in [1.54, 1.807) is 25.3 Å². The van der Waals surface area contributed by atoms with Crippen molar-refractivity contribution in [3.8, 4) is 11.5 Å². The summed E-state index contributed by atoms with van der Waals surface area (Å²) in [6.45, 7) is 0. The lowest BCUT2D eigenvalue weighted by Crippen LogP contribution is -2.32. The zero-order valence-electron chi connectivity index (χ0n) is 14.0. The van der Waals surface area contributed by atoms with Crippen LogP contribution in [0.3, 0.4) is 0 Å². The van der Waals surface area contributed by atoms with Crippen LogP contribution in [-0.4, -0.2) is 31.2 Å². The van der Waals surface area contributed by atoms with Gasteiger partial charge < -0.3 is 19.9 Å². The molecule has 2 aliphatic rings. The van der Waals surface area contributed by atoms with E-state index in [-0.39, 0.29) is 18.2 Å². The molecule has 0 aliphatic heterocycles. The standard InChI is InChI=1S/C18H23NO5/c1-23-14-7-6-10(8-15(14)24-2)13(9-16(20)21)19-18(22)17-11-4-3-5-12(11)17/h6-8,11-13,17H,3-5,9H2,1-2H3,(H,19,22)(H,20,21). The zero-order valence-corrected chi connectivity index (χ0v) is 14.0. The number of hydrogen-bond donors (Lipinski definition) is 2. The molecular weight excluding hydrogens is 310 g/mol. The van der Waals surface area contributed by atoms with E-state index in [4.69, 9.17) is 9.47 Å². The van der Waals surface area contributed by atoms with Crippen molar-refractivity contribution in [1.29, 1.82) is 0 Å². The summed E-state index contributed by atoms with van der Waals surface area (Å²) in [6, 6.07) is 4.64. The molecule has 1 aromatic carbocycles. The van der Waals surface area contributed by atoms with Crippen molar-refractivity contribution in [2.75, 3.05) is 14.2 Å². The highest BCUT2D eigenvalue weighted by Crippen LogP contribution is 2.57. The Hall–Kier alpha value is -2.24. The molecule has 2 N–H and O–H groups in total. The van der Waals surface area contributed by atoms with Crippen molar-refractivity contribution >= 4 is 11.9 Å². The Labute approximate surface area is 141 Å². The predicted octanol–water partition coefficient (Wildman–Crippen LogP) is 2.38. The van der Waals surface area contributed by atoms with Crippen molar-refractivity contribution in [3.63, 3.8) is 0 Å². The number of methoxy groups -OCH3 is 2. The highest BCUT2D eigenvalue weighted by Gasteiger charge is 2.56. The summed E-state index contributed by atoms with van der Waals surface area (Å²) in [4.78, 5) is 23.7. The van der Waals surface area contributed by atoms with E-state index in [0.717, 1.165) is 12.8 Å². The Morgan fingerprint density at radius 1 is 1.21 bits per heavy atom. The average Bonchev–Trinajstić information content (AvgIpc) is 3.06. The molecule has 3 rings (SSSR count). The molecule has 2 saturated carbocycles. The van der Waals surface area contributed by atoms with E-state index in [1.807, 2.05) is 0 Å². The maximum atomic E-state index is 12.5. The first kappa shape index (κ1) is 16.6. The van der Waals surface area contributed by atoms with Crippen LogP contribution in [0.15, 0.2) is 18.2 Å². The van der Waals surface area contributed by atoms with Crippen molar-refractivity contribution in [2.45, 2.75) is 31.7 Å². The molecule has 0 heterocycles. The average molecular weight is 333 g/mol. The van der Waals surface area contributed by atoms with Gasteiger partial charge >= 0.3 is 5.97 Å². The fraction of sp³-hybridized carbons (Fsp3) is 0.556. The van der Waals surface area contributed by atoms with Gasteiger partial charge in [0.2, 0.25) is 5.91 Å². The molecule has 0 bridgehead atoms. The number of fused-ring (bicyclic) bond motifs is 1. The fourth-order valence-corrected chi connectivity index (χ4v) is 3.97. The second kappa shape index (κ2) is 6.71. The number of nitrogens with one attached hydrogen (secondary N) is 1. The summed E-state index contributed by atoms with van der Waals surface area (Å²) in [5.41, 5.74) is 0.703. The summed E-state index contributed by atoms with van der Waals surface area (Å²) >= 11 is 0. The van der Waals surface area contributed by atoms with Crippen LogP contribution in [-0.2, 0) is 9.59 Å². The molecule has 2 fully saturated rings. The molecule has 130 valence electrons. The number of ether oxygens (including phenoxy) is 2. The molecule has 3 atom stereocenters. The first-order chi connectivity index (χ1) is 11.5. The van der Waals surface area contributed by atoms with E-state index < -0.39 is 12.0 Å². The number of hydrogen-bond acceptors (Lipinski definition) is 4. The van der Waals surface area contributed by atoms with Crippen LogP contribution in [0, 0.1) is 17.8 Å². The SMILES string of the molecule is COc1ccc(C(CC(=O)O)NC(=O)C2C3CCCC32)cc1OC. The van der Waals surface area contributed by atoms with E-state index in [2.05, 4.69) is 5.32 Å². The Morgan fingerprint density at radius 3 is 2.46 bits per heavy atom. The van der Waals surface area contributed by atoms with Crippen molar-refractivity contribution in [3.05, 3.63) is 23.8 Å². The zero-order chi connectivity index (χ0) is 17.3. The maximum absolute atomic E-state index is 12.5. The Balaban J connectivity index is 1.76. The van der Waals surface area contributed by atoms with E-state index in [1.165, 1.54) is 13.5 Å². The van der Waals surface area contributed by atoms with Gasteiger partial charge in [0.05, 0.1) is 26.7 Å². The highest BCUT2D eigenvalue weighted by atomic mass is 16.5. The topological polar surface area (TPSA) is 84.9 Å². The van der Waals surface area contributed by atoms with Gasteiger partial charge in [-0.15, -0.1) is 0 Å². The van der Waals surface area contributed by atoms with Crippen LogP contribution in [0.2, 0.25) is 0 Å². The van der Waals surface area contributed by atoms with E-state index >= 15 is 0 Å². The molecule has 1 aromatic rings. The second-order valence-corrected chi connectivity index (χ2v) is 6.56. The minimum Gasteiger partial charge on any atom is -0.493 e. The molecule has 0 aromatic heterocycles. The third kappa shape index (κ3) is 3.18. The number of aliphatic carboxylic acids is 1. The number of rotatable bonds is 7. The summed E-state index contributed by atoms with van der Waals surface area (Å²) in [7, 11) is 3.07. The monoisotopic (exact) mass is 333 g/mol. The molecule has 2 aliphatic carbocycles. The first-order valence-corrected chi connectivity index (χ1v) is 8.29. The normalized spacial score (nSPS) is 25.5. The molecule has 6 heteroatoms. The Kier molecular flexibility index (Phi) is 4.64. The van der Waals surface area contributed by atoms with Gasteiger partial charge in [-0.2, -0.15) is 0 Å². The molecule has 1 amide bonds. The highest BCUT2D eigenvalue weighted by molar-refractivity contribution is 5.83. The lowest BCUT2D eigenvalue weighted by molar-refractivity contribution is -0.137. The van der Waals surface area contributed by atoms with Gasteiger partial charge in [-0.25, -0.2) is 0 Å². The van der Waals surface area contributed by atoms with Crippen LogP contribution >= 0.6 is 0 Å². The quantitative estimate of drug-likeness (QED) is 0.800. The van der Waals surface area contributed by atoms with Gasteiger partial charge in [0.25, 0.3) is 0 Å². The molecule has 3 unspecified atom stereocenters.